The van der Waals surface area contributed by atoms with E-state index < -0.39 is 10.0 Å². The summed E-state index contributed by atoms with van der Waals surface area (Å²) < 4.78 is 34.1. The van der Waals surface area contributed by atoms with Crippen LogP contribution < -0.4 is 10.0 Å². The van der Waals surface area contributed by atoms with Crippen molar-refractivity contribution in [2.75, 3.05) is 10.0 Å². The number of carbonyl (C=O) groups excluding carboxylic acids is 1. The van der Waals surface area contributed by atoms with Crippen LogP contribution in [0.25, 0.3) is 0 Å². The topological polar surface area (TPSA) is 101 Å². The SMILES string of the molecule is Cc1ccc(NC(=O)Cc2c(C)noc2C)cc1S(=O)(=O)Nc1ccc(Br)cc1. The Hall–Kier alpha value is -2.65. The van der Waals surface area contributed by atoms with Crippen LogP contribution in [0.5, 0.6) is 0 Å². The quantitative estimate of drug-likeness (QED) is 0.549. The van der Waals surface area contributed by atoms with Gasteiger partial charge in [0.05, 0.1) is 17.0 Å². The molecule has 0 aliphatic rings. The van der Waals surface area contributed by atoms with Gasteiger partial charge in [0.15, 0.2) is 0 Å². The minimum atomic E-state index is -3.82. The van der Waals surface area contributed by atoms with E-state index in [9.17, 15) is 13.2 Å². The molecule has 0 saturated carbocycles. The molecule has 2 aromatic carbocycles. The van der Waals surface area contributed by atoms with E-state index in [2.05, 4.69) is 31.1 Å². The highest BCUT2D eigenvalue weighted by atomic mass is 79.9. The number of aromatic nitrogens is 1. The number of nitrogens with zero attached hydrogens (tertiary/aromatic N) is 1. The minimum Gasteiger partial charge on any atom is -0.361 e. The van der Waals surface area contributed by atoms with Crippen LogP contribution in [0.1, 0.15) is 22.6 Å². The van der Waals surface area contributed by atoms with Crippen molar-refractivity contribution in [2.45, 2.75) is 32.1 Å². The number of anilines is 2. The zero-order valence-corrected chi connectivity index (χ0v) is 18.5. The van der Waals surface area contributed by atoms with Gasteiger partial charge in [0.1, 0.15) is 5.76 Å². The molecule has 0 fully saturated rings. The molecule has 0 bridgehead atoms. The van der Waals surface area contributed by atoms with Crippen molar-refractivity contribution in [3.63, 3.8) is 0 Å². The third-order valence-electron chi connectivity index (χ3n) is 4.38. The Morgan fingerprint density at radius 2 is 1.72 bits per heavy atom. The van der Waals surface area contributed by atoms with Gasteiger partial charge < -0.3 is 9.84 Å². The fraction of sp³-hybridized carbons (Fsp3) is 0.200. The van der Waals surface area contributed by atoms with Crippen molar-refractivity contribution in [3.05, 3.63) is 69.5 Å². The maximum Gasteiger partial charge on any atom is 0.262 e. The van der Waals surface area contributed by atoms with Gasteiger partial charge in [-0.25, -0.2) is 8.42 Å². The van der Waals surface area contributed by atoms with Gasteiger partial charge in [-0.2, -0.15) is 0 Å². The zero-order chi connectivity index (χ0) is 21.2. The number of hydrogen-bond acceptors (Lipinski definition) is 5. The lowest BCUT2D eigenvalue weighted by molar-refractivity contribution is -0.115. The lowest BCUT2D eigenvalue weighted by Crippen LogP contribution is -2.17. The van der Waals surface area contributed by atoms with Crippen LogP contribution in [-0.2, 0) is 21.2 Å². The molecular weight excluding hydrogens is 458 g/mol. The van der Waals surface area contributed by atoms with E-state index >= 15 is 0 Å². The molecule has 0 radical (unpaired) electrons. The molecule has 3 aromatic rings. The molecule has 0 spiro atoms. The molecular formula is C20H20BrN3O4S. The maximum absolute atomic E-state index is 12.8. The van der Waals surface area contributed by atoms with Gasteiger partial charge in [0, 0.05) is 21.4 Å². The summed E-state index contributed by atoms with van der Waals surface area (Å²) >= 11 is 3.32. The summed E-state index contributed by atoms with van der Waals surface area (Å²) in [6, 6.07) is 11.6. The van der Waals surface area contributed by atoms with Gasteiger partial charge in [-0.3, -0.25) is 9.52 Å². The van der Waals surface area contributed by atoms with Crippen LogP contribution in [0.4, 0.5) is 11.4 Å². The fourth-order valence-corrected chi connectivity index (χ4v) is 4.41. The summed E-state index contributed by atoms with van der Waals surface area (Å²) in [5.74, 6) is 0.302. The Labute approximate surface area is 177 Å². The first-order chi connectivity index (χ1) is 13.7. The Kier molecular flexibility index (Phi) is 6.09. The van der Waals surface area contributed by atoms with Crippen molar-refractivity contribution in [1.29, 1.82) is 0 Å². The normalized spacial score (nSPS) is 11.3. The van der Waals surface area contributed by atoms with E-state index in [1.807, 2.05) is 0 Å². The number of hydrogen-bond donors (Lipinski definition) is 2. The number of benzene rings is 2. The van der Waals surface area contributed by atoms with E-state index in [1.165, 1.54) is 6.07 Å². The molecule has 0 saturated heterocycles. The van der Waals surface area contributed by atoms with E-state index in [0.717, 1.165) is 10.0 Å². The van der Waals surface area contributed by atoms with Gasteiger partial charge in [-0.05, 0) is 62.7 Å². The van der Waals surface area contributed by atoms with Crippen molar-refractivity contribution in [3.8, 4) is 0 Å². The average Bonchev–Trinajstić information content (AvgIpc) is 2.97. The molecule has 7 nitrogen and oxygen atoms in total. The van der Waals surface area contributed by atoms with Crippen LogP contribution in [-0.4, -0.2) is 19.5 Å². The molecule has 0 aliphatic heterocycles. The third kappa shape index (κ3) is 5.04. The van der Waals surface area contributed by atoms with Gasteiger partial charge >= 0.3 is 0 Å². The molecule has 1 heterocycles. The summed E-state index contributed by atoms with van der Waals surface area (Å²) in [4.78, 5) is 12.5. The predicted octanol–water partition coefficient (Wildman–Crippen LogP) is 4.34. The number of aryl methyl sites for hydroxylation is 3. The summed E-state index contributed by atoms with van der Waals surface area (Å²) in [7, 11) is -3.82. The summed E-state index contributed by atoms with van der Waals surface area (Å²) in [5.41, 5.74) is 2.78. The number of rotatable bonds is 6. The highest BCUT2D eigenvalue weighted by Crippen LogP contribution is 2.24. The van der Waals surface area contributed by atoms with Crippen molar-refractivity contribution in [2.24, 2.45) is 0 Å². The Morgan fingerprint density at radius 1 is 1.07 bits per heavy atom. The third-order valence-corrected chi connectivity index (χ3v) is 6.43. The van der Waals surface area contributed by atoms with Crippen molar-refractivity contribution < 1.29 is 17.7 Å². The highest BCUT2D eigenvalue weighted by Gasteiger charge is 2.19. The largest absolute Gasteiger partial charge is 0.361 e. The second-order valence-corrected chi connectivity index (χ2v) is 9.19. The van der Waals surface area contributed by atoms with E-state index in [-0.39, 0.29) is 17.2 Å². The van der Waals surface area contributed by atoms with Crippen molar-refractivity contribution >= 4 is 43.2 Å². The molecule has 29 heavy (non-hydrogen) atoms. The predicted molar refractivity (Wildman–Crippen MR) is 114 cm³/mol. The van der Waals surface area contributed by atoms with Gasteiger partial charge in [-0.15, -0.1) is 0 Å². The minimum absolute atomic E-state index is 0.0915. The first-order valence-electron chi connectivity index (χ1n) is 8.76. The van der Waals surface area contributed by atoms with Crippen LogP contribution in [0.15, 0.2) is 56.4 Å². The average molecular weight is 478 g/mol. The van der Waals surface area contributed by atoms with E-state index in [0.29, 0.717) is 28.4 Å². The summed E-state index contributed by atoms with van der Waals surface area (Å²) in [6.07, 6.45) is 0.0915. The summed E-state index contributed by atoms with van der Waals surface area (Å²) in [6.45, 7) is 5.21. The Bertz CT molecular complexity index is 1140. The van der Waals surface area contributed by atoms with Crippen LogP contribution in [0.2, 0.25) is 0 Å². The molecule has 0 unspecified atom stereocenters. The van der Waals surface area contributed by atoms with Gasteiger partial charge in [0.25, 0.3) is 10.0 Å². The zero-order valence-electron chi connectivity index (χ0n) is 16.1. The van der Waals surface area contributed by atoms with Crippen LogP contribution in [0, 0.1) is 20.8 Å². The monoisotopic (exact) mass is 477 g/mol. The standard InChI is InChI=1S/C20H20BrN3O4S/c1-12-4-7-17(22-20(25)11-18-13(2)23-28-14(18)3)10-19(12)29(26,27)24-16-8-5-15(21)6-9-16/h4-10,24H,11H2,1-3H3,(H,22,25). The van der Waals surface area contributed by atoms with Gasteiger partial charge in [0.2, 0.25) is 5.91 Å². The van der Waals surface area contributed by atoms with E-state index in [4.69, 9.17) is 4.52 Å². The van der Waals surface area contributed by atoms with Crippen LogP contribution in [0.3, 0.4) is 0 Å². The molecule has 0 aliphatic carbocycles. The Morgan fingerprint density at radius 3 is 2.34 bits per heavy atom. The van der Waals surface area contributed by atoms with Gasteiger partial charge in [-0.1, -0.05) is 27.2 Å². The number of amides is 1. The lowest BCUT2D eigenvalue weighted by atomic mass is 10.1. The first kappa shape index (κ1) is 21.1. The number of nitrogens with one attached hydrogen (secondary N) is 2. The molecule has 9 heteroatoms. The number of halogens is 1. The fourth-order valence-electron chi connectivity index (χ4n) is 2.82. The second-order valence-electron chi connectivity index (χ2n) is 6.62. The maximum atomic E-state index is 12.8. The lowest BCUT2D eigenvalue weighted by Gasteiger charge is -2.13. The highest BCUT2D eigenvalue weighted by molar-refractivity contribution is 9.10. The molecule has 3 rings (SSSR count). The van der Waals surface area contributed by atoms with E-state index in [1.54, 1.807) is 57.2 Å². The first-order valence-corrected chi connectivity index (χ1v) is 11.0. The molecule has 152 valence electrons. The smallest absolute Gasteiger partial charge is 0.262 e. The molecule has 0 atom stereocenters. The number of carbonyl (C=O) groups is 1. The van der Waals surface area contributed by atoms with Crippen molar-refractivity contribution in [1.82, 2.24) is 5.16 Å². The number of sulfonamides is 1. The molecule has 1 amide bonds. The Balaban J connectivity index is 1.80. The molecule has 1 aromatic heterocycles. The second kappa shape index (κ2) is 8.38. The summed E-state index contributed by atoms with van der Waals surface area (Å²) in [5, 5.41) is 6.57. The van der Waals surface area contributed by atoms with Crippen LogP contribution >= 0.6 is 15.9 Å². The molecule has 2 N–H and O–H groups in total.